The molecule has 2 aromatic carbocycles. The first-order valence-corrected chi connectivity index (χ1v) is 12.4. The molecule has 176 valence electrons. The van der Waals surface area contributed by atoms with Gasteiger partial charge in [0.1, 0.15) is 4.33 Å². The number of halogens is 6. The van der Waals surface area contributed by atoms with Crippen molar-refractivity contribution < 1.29 is 9.59 Å². The lowest BCUT2D eigenvalue weighted by Gasteiger charge is -2.09. The molecule has 1 aromatic heterocycles. The van der Waals surface area contributed by atoms with Crippen LogP contribution in [-0.4, -0.2) is 21.0 Å². The number of benzene rings is 2. The van der Waals surface area contributed by atoms with Crippen LogP contribution in [0.25, 0.3) is 0 Å². The summed E-state index contributed by atoms with van der Waals surface area (Å²) < 4.78 is -1.35. The number of amides is 1. The summed E-state index contributed by atoms with van der Waals surface area (Å²) in [4.78, 5) is 29.7. The molecule has 1 N–H and O–H groups in total. The molecule has 4 nitrogen and oxygen atoms in total. The van der Waals surface area contributed by atoms with Gasteiger partial charge < -0.3 is 5.32 Å². The average molecular weight is 577 g/mol. The van der Waals surface area contributed by atoms with Crippen molar-refractivity contribution in [3.63, 3.8) is 0 Å². The minimum Gasteiger partial charge on any atom is -0.326 e. The molecule has 1 saturated carbocycles. The number of carbonyl (C=O) groups excluding carboxylic acids is 2. The van der Waals surface area contributed by atoms with Gasteiger partial charge in [0.15, 0.2) is 5.78 Å². The Morgan fingerprint density at radius 2 is 1.56 bits per heavy atom. The predicted octanol–water partition coefficient (Wildman–Crippen LogP) is 8.04. The Kier molecular flexibility index (Phi) is 7.68. The molecule has 1 amide bonds. The number of anilines is 1. The highest BCUT2D eigenvalue weighted by Crippen LogP contribution is 2.65. The van der Waals surface area contributed by atoms with E-state index < -0.39 is 22.1 Å². The van der Waals surface area contributed by atoms with Crippen LogP contribution in [-0.2, 0) is 11.2 Å². The molecule has 34 heavy (non-hydrogen) atoms. The predicted molar refractivity (Wildman–Crippen MR) is 139 cm³/mol. The van der Waals surface area contributed by atoms with E-state index in [4.69, 9.17) is 69.6 Å². The van der Waals surface area contributed by atoms with Crippen molar-refractivity contribution in [2.75, 3.05) is 5.32 Å². The monoisotopic (exact) mass is 574 g/mol. The first-order chi connectivity index (χ1) is 16.1. The minimum absolute atomic E-state index is 0.142. The summed E-state index contributed by atoms with van der Waals surface area (Å²) in [5.74, 6) is -1.84. The lowest BCUT2D eigenvalue weighted by atomic mass is 10.0. The highest BCUT2D eigenvalue weighted by Gasteiger charge is 2.67. The van der Waals surface area contributed by atoms with Gasteiger partial charge in [-0.05, 0) is 60.0 Å². The van der Waals surface area contributed by atoms with E-state index in [9.17, 15) is 9.59 Å². The van der Waals surface area contributed by atoms with Crippen LogP contribution < -0.4 is 5.32 Å². The SMILES string of the molecule is O=C(CCc1ccncc1)c1cc(NC(=O)C2C(c3cc(Cl)c(Cl)c(Cl)c3)C2(Cl)Cl)ccc1Cl. The molecular weight excluding hydrogens is 561 g/mol. The molecule has 3 aromatic rings. The third kappa shape index (κ3) is 5.33. The van der Waals surface area contributed by atoms with Gasteiger partial charge >= 0.3 is 0 Å². The molecule has 0 saturated heterocycles. The fourth-order valence-corrected chi connectivity index (χ4v) is 5.47. The molecular formula is C24H16Cl6N2O2. The van der Waals surface area contributed by atoms with Gasteiger partial charge in [-0.3, -0.25) is 14.6 Å². The Morgan fingerprint density at radius 3 is 2.21 bits per heavy atom. The summed E-state index contributed by atoms with van der Waals surface area (Å²) in [6.45, 7) is 0. The summed E-state index contributed by atoms with van der Waals surface area (Å²) in [7, 11) is 0. The van der Waals surface area contributed by atoms with Crippen molar-refractivity contribution in [1.82, 2.24) is 4.98 Å². The van der Waals surface area contributed by atoms with Gasteiger partial charge in [0.2, 0.25) is 5.91 Å². The zero-order valence-corrected chi connectivity index (χ0v) is 21.8. The van der Waals surface area contributed by atoms with Gasteiger partial charge in [0, 0.05) is 36.0 Å². The van der Waals surface area contributed by atoms with Crippen LogP contribution >= 0.6 is 69.6 Å². The second kappa shape index (κ2) is 10.2. The largest absolute Gasteiger partial charge is 0.326 e. The highest BCUT2D eigenvalue weighted by atomic mass is 35.5. The van der Waals surface area contributed by atoms with Gasteiger partial charge in [-0.1, -0.05) is 46.4 Å². The smallest absolute Gasteiger partial charge is 0.231 e. The van der Waals surface area contributed by atoms with E-state index in [0.29, 0.717) is 28.3 Å². The molecule has 0 bridgehead atoms. The topological polar surface area (TPSA) is 59.1 Å². The molecule has 4 rings (SSSR count). The van der Waals surface area contributed by atoms with E-state index >= 15 is 0 Å². The summed E-state index contributed by atoms with van der Waals surface area (Å²) in [5.41, 5.74) is 2.32. The molecule has 1 aliphatic carbocycles. The highest BCUT2D eigenvalue weighted by molar-refractivity contribution is 6.54. The Morgan fingerprint density at radius 1 is 0.912 bits per heavy atom. The van der Waals surface area contributed by atoms with Crippen molar-refractivity contribution in [2.45, 2.75) is 23.1 Å². The van der Waals surface area contributed by atoms with Crippen LogP contribution in [0.4, 0.5) is 5.69 Å². The number of aromatic nitrogens is 1. The minimum atomic E-state index is -1.35. The number of rotatable bonds is 7. The van der Waals surface area contributed by atoms with E-state index in [1.54, 1.807) is 42.7 Å². The van der Waals surface area contributed by atoms with Crippen LogP contribution in [0.2, 0.25) is 20.1 Å². The van der Waals surface area contributed by atoms with Crippen molar-refractivity contribution in [3.8, 4) is 0 Å². The average Bonchev–Trinajstić information content (AvgIpc) is 3.39. The quantitative estimate of drug-likeness (QED) is 0.176. The number of carbonyl (C=O) groups is 2. The van der Waals surface area contributed by atoms with E-state index in [2.05, 4.69) is 10.3 Å². The number of nitrogens with zero attached hydrogens (tertiary/aromatic N) is 1. The van der Waals surface area contributed by atoms with Gasteiger partial charge in [0.05, 0.1) is 26.0 Å². The Labute approximate surface area is 226 Å². The van der Waals surface area contributed by atoms with Crippen molar-refractivity contribution >= 4 is 87.0 Å². The zero-order valence-electron chi connectivity index (χ0n) is 17.3. The lowest BCUT2D eigenvalue weighted by Crippen LogP contribution is -2.17. The van der Waals surface area contributed by atoms with Crippen LogP contribution in [0.1, 0.15) is 33.8 Å². The maximum atomic E-state index is 13.0. The fourth-order valence-electron chi connectivity index (χ4n) is 3.80. The molecule has 0 radical (unpaired) electrons. The van der Waals surface area contributed by atoms with E-state index in [1.165, 1.54) is 0 Å². The summed E-state index contributed by atoms with van der Waals surface area (Å²) in [5, 5.41) is 3.78. The first kappa shape index (κ1) is 25.6. The number of hydrogen-bond donors (Lipinski definition) is 1. The van der Waals surface area contributed by atoms with Crippen molar-refractivity contribution in [2.24, 2.45) is 5.92 Å². The second-order valence-electron chi connectivity index (χ2n) is 7.89. The Hall–Kier alpha value is -1.53. The molecule has 10 heteroatoms. The molecule has 2 atom stereocenters. The number of Topliss-reactive ketones (excluding diaryl/α,β-unsaturated/α-hetero) is 1. The van der Waals surface area contributed by atoms with Crippen molar-refractivity contribution in [3.05, 3.63) is 91.6 Å². The normalized spacial score (nSPS) is 18.4. The lowest BCUT2D eigenvalue weighted by molar-refractivity contribution is -0.117. The molecule has 0 spiro atoms. The maximum Gasteiger partial charge on any atom is 0.231 e. The second-order valence-corrected chi connectivity index (χ2v) is 10.9. The Bertz CT molecular complexity index is 1240. The number of ketones is 1. The summed E-state index contributed by atoms with van der Waals surface area (Å²) in [6, 6.07) is 11.6. The number of alkyl halides is 2. The zero-order chi connectivity index (χ0) is 24.6. The van der Waals surface area contributed by atoms with Gasteiger partial charge in [0.25, 0.3) is 0 Å². The third-order valence-electron chi connectivity index (χ3n) is 5.63. The molecule has 2 unspecified atom stereocenters. The van der Waals surface area contributed by atoms with E-state index in [1.807, 2.05) is 12.1 Å². The van der Waals surface area contributed by atoms with Crippen LogP contribution in [0.5, 0.6) is 0 Å². The number of pyridine rings is 1. The molecule has 1 aliphatic rings. The van der Waals surface area contributed by atoms with Gasteiger partial charge in [-0.15, -0.1) is 23.2 Å². The number of nitrogens with one attached hydrogen (secondary N) is 1. The number of aryl methyl sites for hydroxylation is 1. The maximum absolute atomic E-state index is 13.0. The van der Waals surface area contributed by atoms with E-state index in [0.717, 1.165) is 5.56 Å². The van der Waals surface area contributed by atoms with Gasteiger partial charge in [-0.25, -0.2) is 0 Å². The van der Waals surface area contributed by atoms with Crippen LogP contribution in [0.3, 0.4) is 0 Å². The van der Waals surface area contributed by atoms with Gasteiger partial charge in [-0.2, -0.15) is 0 Å². The molecule has 1 fully saturated rings. The van der Waals surface area contributed by atoms with Crippen LogP contribution in [0, 0.1) is 5.92 Å². The first-order valence-electron chi connectivity index (χ1n) is 10.1. The van der Waals surface area contributed by atoms with E-state index in [-0.39, 0.29) is 27.3 Å². The summed E-state index contributed by atoms with van der Waals surface area (Å²) >= 11 is 37.4. The van der Waals surface area contributed by atoms with Crippen LogP contribution in [0.15, 0.2) is 54.9 Å². The molecule has 0 aliphatic heterocycles. The third-order valence-corrected chi connectivity index (χ3v) is 8.09. The summed E-state index contributed by atoms with van der Waals surface area (Å²) in [6.07, 6.45) is 4.16. The Balaban J connectivity index is 1.47. The fraction of sp³-hybridized carbons (Fsp3) is 0.208. The van der Waals surface area contributed by atoms with Crippen molar-refractivity contribution in [1.29, 1.82) is 0 Å². The number of hydrogen-bond acceptors (Lipinski definition) is 3. The molecule has 1 heterocycles. The standard InChI is InChI=1S/C24H16Cl6N2O2/c25-16-3-2-14(11-15(16)19(33)4-1-12-5-7-31-8-6-12)32-23(34)21-20(24(21,29)30)13-9-17(26)22(28)18(27)10-13/h2-3,5-11,20-21H,1,4H2,(H,32,34).